The van der Waals surface area contributed by atoms with Crippen molar-refractivity contribution in [3.63, 3.8) is 0 Å². The Bertz CT molecular complexity index is 559. The van der Waals surface area contributed by atoms with Crippen LogP contribution >= 0.6 is 0 Å². The Balaban J connectivity index is 1.95. The van der Waals surface area contributed by atoms with Crippen LogP contribution in [0.25, 0.3) is 0 Å². The molecule has 2 atom stereocenters. The molecule has 2 rings (SSSR count). The summed E-state index contributed by atoms with van der Waals surface area (Å²) in [5.41, 5.74) is 2.67. The monoisotopic (exact) mass is 386 g/mol. The van der Waals surface area contributed by atoms with E-state index in [-0.39, 0.29) is 5.41 Å². The Labute approximate surface area is 175 Å². The van der Waals surface area contributed by atoms with E-state index in [0.717, 1.165) is 5.92 Å². The third-order valence-corrected chi connectivity index (χ3v) is 7.16. The molecule has 0 saturated heterocycles. The highest BCUT2D eigenvalue weighted by Crippen LogP contribution is 2.42. The van der Waals surface area contributed by atoms with E-state index >= 15 is 0 Å². The van der Waals surface area contributed by atoms with E-state index in [0.29, 0.717) is 11.7 Å². The van der Waals surface area contributed by atoms with Gasteiger partial charge in [0.25, 0.3) is 0 Å². The Morgan fingerprint density at radius 3 is 2.32 bits per heavy atom. The standard InChI is InChI=1S/C27H46O/c1-5-7-9-11-14-22-15-13-16-23(20-22)25-18-17-24(21-26(25)28)27(3,4)19-12-10-8-6-2/h17-18,21-23,28H,5-16,19-20H2,1-4H3. The van der Waals surface area contributed by atoms with Crippen molar-refractivity contribution < 1.29 is 5.11 Å². The van der Waals surface area contributed by atoms with Crippen molar-refractivity contribution in [1.82, 2.24) is 0 Å². The van der Waals surface area contributed by atoms with Gasteiger partial charge in [-0.2, -0.15) is 0 Å². The van der Waals surface area contributed by atoms with Crippen molar-refractivity contribution in [2.45, 2.75) is 129 Å². The van der Waals surface area contributed by atoms with Gasteiger partial charge in [-0.05, 0) is 53.7 Å². The molecule has 0 aliphatic heterocycles. The second-order valence-electron chi connectivity index (χ2n) is 10.0. The van der Waals surface area contributed by atoms with Crippen molar-refractivity contribution in [2.24, 2.45) is 5.92 Å². The van der Waals surface area contributed by atoms with Gasteiger partial charge >= 0.3 is 0 Å². The van der Waals surface area contributed by atoms with E-state index in [1.807, 2.05) is 0 Å². The van der Waals surface area contributed by atoms with Crippen molar-refractivity contribution in [1.29, 1.82) is 0 Å². The van der Waals surface area contributed by atoms with Gasteiger partial charge in [-0.15, -0.1) is 0 Å². The SMILES string of the molecule is CCCCCCC1CCCC(c2ccc(C(C)(C)CCCCCC)cc2O)C1. The highest BCUT2D eigenvalue weighted by molar-refractivity contribution is 5.41. The molecule has 1 saturated carbocycles. The van der Waals surface area contributed by atoms with Gasteiger partial charge in [0.1, 0.15) is 5.75 Å². The maximum Gasteiger partial charge on any atom is 0.119 e. The lowest BCUT2D eigenvalue weighted by molar-refractivity contribution is 0.293. The van der Waals surface area contributed by atoms with E-state index < -0.39 is 0 Å². The smallest absolute Gasteiger partial charge is 0.119 e. The molecule has 1 N–H and O–H groups in total. The van der Waals surface area contributed by atoms with Crippen LogP contribution in [0.15, 0.2) is 18.2 Å². The lowest BCUT2D eigenvalue weighted by atomic mass is 9.74. The molecule has 0 amide bonds. The Morgan fingerprint density at radius 1 is 0.929 bits per heavy atom. The third-order valence-electron chi connectivity index (χ3n) is 7.16. The lowest BCUT2D eigenvalue weighted by Gasteiger charge is -2.31. The molecule has 1 aromatic carbocycles. The number of unbranched alkanes of at least 4 members (excludes halogenated alkanes) is 6. The van der Waals surface area contributed by atoms with Gasteiger partial charge in [-0.25, -0.2) is 0 Å². The van der Waals surface area contributed by atoms with Gasteiger partial charge in [-0.3, -0.25) is 0 Å². The summed E-state index contributed by atoms with van der Waals surface area (Å²) in [6.45, 7) is 9.22. The van der Waals surface area contributed by atoms with Gasteiger partial charge in [0.05, 0.1) is 0 Å². The summed E-state index contributed by atoms with van der Waals surface area (Å²) in [7, 11) is 0. The van der Waals surface area contributed by atoms with Crippen LogP contribution in [0.3, 0.4) is 0 Å². The topological polar surface area (TPSA) is 20.2 Å². The van der Waals surface area contributed by atoms with Crippen molar-refractivity contribution in [2.75, 3.05) is 0 Å². The fourth-order valence-corrected chi connectivity index (χ4v) is 5.14. The molecule has 1 fully saturated rings. The second kappa shape index (κ2) is 11.9. The van der Waals surface area contributed by atoms with Crippen LogP contribution in [-0.4, -0.2) is 5.11 Å². The van der Waals surface area contributed by atoms with Crippen LogP contribution < -0.4 is 0 Å². The maximum atomic E-state index is 10.8. The van der Waals surface area contributed by atoms with Gasteiger partial charge in [0.15, 0.2) is 0 Å². The third kappa shape index (κ3) is 7.12. The second-order valence-corrected chi connectivity index (χ2v) is 10.0. The lowest BCUT2D eigenvalue weighted by Crippen LogP contribution is -2.18. The molecule has 0 heterocycles. The average Bonchev–Trinajstić information content (AvgIpc) is 2.69. The zero-order chi connectivity index (χ0) is 20.4. The molecule has 1 aromatic rings. The summed E-state index contributed by atoms with van der Waals surface area (Å²) < 4.78 is 0. The van der Waals surface area contributed by atoms with Crippen LogP contribution in [0.4, 0.5) is 0 Å². The molecule has 28 heavy (non-hydrogen) atoms. The van der Waals surface area contributed by atoms with Crippen LogP contribution in [-0.2, 0) is 5.41 Å². The minimum atomic E-state index is 0.151. The largest absolute Gasteiger partial charge is 0.508 e. The molecule has 1 heteroatoms. The minimum Gasteiger partial charge on any atom is -0.508 e. The van der Waals surface area contributed by atoms with E-state index in [2.05, 4.69) is 45.9 Å². The van der Waals surface area contributed by atoms with Gasteiger partial charge in [-0.1, -0.05) is 110 Å². The van der Waals surface area contributed by atoms with E-state index in [9.17, 15) is 5.11 Å². The number of aromatic hydroxyl groups is 1. The Morgan fingerprint density at radius 2 is 1.64 bits per heavy atom. The van der Waals surface area contributed by atoms with Crippen LogP contribution in [0.1, 0.15) is 135 Å². The predicted octanol–water partition coefficient (Wildman–Crippen LogP) is 8.88. The Kier molecular flexibility index (Phi) is 9.89. The van der Waals surface area contributed by atoms with Gasteiger partial charge < -0.3 is 5.11 Å². The molecule has 1 aliphatic rings. The molecule has 0 aromatic heterocycles. The molecule has 2 unspecified atom stereocenters. The molecule has 160 valence electrons. The van der Waals surface area contributed by atoms with Crippen molar-refractivity contribution in [3.05, 3.63) is 29.3 Å². The van der Waals surface area contributed by atoms with E-state index in [4.69, 9.17) is 0 Å². The number of benzene rings is 1. The number of phenolic OH excluding ortho intramolecular Hbond substituents is 1. The highest BCUT2D eigenvalue weighted by Gasteiger charge is 2.26. The zero-order valence-electron chi connectivity index (χ0n) is 19.2. The summed E-state index contributed by atoms with van der Waals surface area (Å²) >= 11 is 0. The predicted molar refractivity (Wildman–Crippen MR) is 123 cm³/mol. The highest BCUT2D eigenvalue weighted by atomic mass is 16.3. The van der Waals surface area contributed by atoms with Crippen molar-refractivity contribution >= 4 is 0 Å². The molecule has 0 spiro atoms. The molecule has 1 nitrogen and oxygen atoms in total. The first-order chi connectivity index (χ1) is 13.5. The minimum absolute atomic E-state index is 0.151. The number of hydrogen-bond acceptors (Lipinski definition) is 1. The van der Waals surface area contributed by atoms with Crippen LogP contribution in [0.5, 0.6) is 5.75 Å². The quantitative estimate of drug-likeness (QED) is 0.355. The van der Waals surface area contributed by atoms with Crippen molar-refractivity contribution in [3.8, 4) is 5.75 Å². The number of rotatable bonds is 12. The van der Waals surface area contributed by atoms with E-state index in [1.165, 1.54) is 101 Å². The summed E-state index contributed by atoms with van der Waals surface area (Å²) in [5, 5.41) is 10.8. The summed E-state index contributed by atoms with van der Waals surface area (Å²) in [5.74, 6) is 1.98. The molecule has 0 radical (unpaired) electrons. The number of hydrogen-bond donors (Lipinski definition) is 1. The summed E-state index contributed by atoms with van der Waals surface area (Å²) in [6.07, 6.45) is 18.6. The normalized spacial score (nSPS) is 20.4. The molecular formula is C27H46O. The Hall–Kier alpha value is -0.980. The molecule has 0 bridgehead atoms. The molecule has 1 aliphatic carbocycles. The van der Waals surface area contributed by atoms with E-state index in [1.54, 1.807) is 0 Å². The molecular weight excluding hydrogens is 340 g/mol. The first-order valence-electron chi connectivity index (χ1n) is 12.3. The summed E-state index contributed by atoms with van der Waals surface area (Å²) in [6, 6.07) is 6.64. The summed E-state index contributed by atoms with van der Waals surface area (Å²) in [4.78, 5) is 0. The fourth-order valence-electron chi connectivity index (χ4n) is 5.14. The van der Waals surface area contributed by atoms with Crippen LogP contribution in [0.2, 0.25) is 0 Å². The first kappa shape index (κ1) is 23.3. The average molecular weight is 387 g/mol. The van der Waals surface area contributed by atoms with Gasteiger partial charge in [0, 0.05) is 0 Å². The number of phenols is 1. The zero-order valence-corrected chi connectivity index (χ0v) is 19.2. The van der Waals surface area contributed by atoms with Gasteiger partial charge in [0.2, 0.25) is 0 Å². The fraction of sp³-hybridized carbons (Fsp3) is 0.778. The van der Waals surface area contributed by atoms with Crippen LogP contribution in [0, 0.1) is 5.92 Å². The maximum absolute atomic E-state index is 10.8. The first-order valence-corrected chi connectivity index (χ1v) is 12.3.